The van der Waals surface area contributed by atoms with E-state index in [1.54, 1.807) is 0 Å². The Balaban J connectivity index is 0.000000113. The van der Waals surface area contributed by atoms with Crippen LogP contribution in [0.25, 0.3) is 65.3 Å². The summed E-state index contributed by atoms with van der Waals surface area (Å²) in [5.41, 5.74) is 5.50. The van der Waals surface area contributed by atoms with E-state index in [-0.39, 0.29) is 0 Å². The van der Waals surface area contributed by atoms with Crippen molar-refractivity contribution in [2.75, 3.05) is 0 Å². The molecule has 0 radical (unpaired) electrons. The summed E-state index contributed by atoms with van der Waals surface area (Å²) in [6.07, 6.45) is 0. The van der Waals surface area contributed by atoms with Crippen LogP contribution in [0.4, 0.5) is 0 Å². The topological polar surface area (TPSA) is 0 Å². The Hall–Kier alpha value is -4.16. The number of rotatable bonds is 0. The van der Waals surface area contributed by atoms with Gasteiger partial charge in [0.25, 0.3) is 0 Å². The van der Waals surface area contributed by atoms with Crippen molar-refractivity contribution in [1.82, 2.24) is 0 Å². The molecule has 0 fully saturated rings. The van der Waals surface area contributed by atoms with Crippen LogP contribution < -0.4 is 0 Å². The molecule has 0 aliphatic heterocycles. The highest BCUT2D eigenvalue weighted by molar-refractivity contribution is 6.22. The van der Waals surface area contributed by atoms with Crippen molar-refractivity contribution >= 4 is 43.1 Å². The smallest absolute Gasteiger partial charge is 0.00264 e. The van der Waals surface area contributed by atoms with E-state index < -0.39 is 0 Å². The van der Waals surface area contributed by atoms with Gasteiger partial charge in [0.1, 0.15) is 0 Å². The molecule has 0 aromatic heterocycles. The van der Waals surface area contributed by atoms with Crippen molar-refractivity contribution in [3.05, 3.63) is 121 Å². The fourth-order valence-electron chi connectivity index (χ4n) is 5.41. The predicted octanol–water partition coefficient (Wildman–Crippen LogP) is 9.07. The van der Waals surface area contributed by atoms with Crippen molar-refractivity contribution < 1.29 is 0 Å². The molecule has 8 rings (SSSR count). The van der Waals surface area contributed by atoms with Crippen LogP contribution in [-0.2, 0) is 0 Å². The number of hydrogen-bond acceptors (Lipinski definition) is 0. The van der Waals surface area contributed by atoms with Gasteiger partial charge in [0.05, 0.1) is 0 Å². The molecule has 0 nitrogen and oxygen atoms in total. The van der Waals surface area contributed by atoms with Crippen molar-refractivity contribution in [3.8, 4) is 22.3 Å². The van der Waals surface area contributed by atoms with Crippen LogP contribution in [0.5, 0.6) is 0 Å². The van der Waals surface area contributed by atoms with Crippen molar-refractivity contribution in [1.29, 1.82) is 0 Å². The summed E-state index contributed by atoms with van der Waals surface area (Å²) in [6.45, 7) is 0. The molecule has 0 saturated heterocycles. The van der Waals surface area contributed by atoms with Crippen LogP contribution in [0.3, 0.4) is 0 Å². The van der Waals surface area contributed by atoms with E-state index in [9.17, 15) is 0 Å². The maximum atomic E-state index is 2.22. The first-order chi connectivity index (χ1) is 15.9. The fraction of sp³-hybridized carbons (Fsp3) is 0. The van der Waals surface area contributed by atoms with Gasteiger partial charge < -0.3 is 0 Å². The molecule has 1 aliphatic carbocycles. The highest BCUT2D eigenvalue weighted by atomic mass is 14.2. The highest BCUT2D eigenvalue weighted by Crippen LogP contribution is 2.46. The van der Waals surface area contributed by atoms with Crippen LogP contribution in [0.2, 0.25) is 0 Å². The van der Waals surface area contributed by atoms with Gasteiger partial charge in [0.15, 0.2) is 0 Å². The molecule has 0 heterocycles. The van der Waals surface area contributed by atoms with Crippen molar-refractivity contribution in [2.24, 2.45) is 0 Å². The quantitative estimate of drug-likeness (QED) is 0.221. The minimum Gasteiger partial charge on any atom is -0.0616 e. The molecule has 0 N–H and O–H groups in total. The average molecular weight is 405 g/mol. The van der Waals surface area contributed by atoms with Crippen LogP contribution >= 0.6 is 0 Å². The Kier molecular flexibility index (Phi) is 3.65. The molecular weight excluding hydrogens is 384 g/mol. The van der Waals surface area contributed by atoms with Gasteiger partial charge in [-0.3, -0.25) is 0 Å². The lowest BCUT2D eigenvalue weighted by Gasteiger charge is -2.09. The Morgan fingerprint density at radius 2 is 0.531 bits per heavy atom. The van der Waals surface area contributed by atoms with Gasteiger partial charge >= 0.3 is 0 Å². The second-order valence-corrected chi connectivity index (χ2v) is 8.54. The summed E-state index contributed by atoms with van der Waals surface area (Å²) in [5.74, 6) is 0. The Morgan fingerprint density at radius 1 is 0.219 bits per heavy atom. The summed E-state index contributed by atoms with van der Waals surface area (Å²) >= 11 is 0. The minimum absolute atomic E-state index is 1.34. The third-order valence-corrected chi connectivity index (χ3v) is 6.80. The van der Waals surface area contributed by atoms with E-state index in [1.807, 2.05) is 0 Å². The molecule has 0 unspecified atom stereocenters. The van der Waals surface area contributed by atoms with Crippen molar-refractivity contribution in [2.45, 2.75) is 0 Å². The Labute approximate surface area is 186 Å². The summed E-state index contributed by atoms with van der Waals surface area (Å²) in [7, 11) is 0. The van der Waals surface area contributed by atoms with E-state index in [1.165, 1.54) is 65.3 Å². The van der Waals surface area contributed by atoms with E-state index in [4.69, 9.17) is 0 Å². The molecule has 0 saturated carbocycles. The monoisotopic (exact) mass is 404 g/mol. The highest BCUT2D eigenvalue weighted by Gasteiger charge is 2.19. The van der Waals surface area contributed by atoms with E-state index in [2.05, 4.69) is 121 Å². The molecule has 0 spiro atoms. The SMILES string of the molecule is c1cc2ccc3cccc4ccc(c1)c2c34.c1ccc2c(c1)-c1cccc3cccc-2c13. The van der Waals surface area contributed by atoms with Gasteiger partial charge in [0, 0.05) is 0 Å². The van der Waals surface area contributed by atoms with Crippen LogP contribution in [-0.4, -0.2) is 0 Å². The standard InChI is InChI=1S/2C16H10/c1-3-11-7-9-13-5-2-6-14-10-8-12(4-1)15(11)16(13)14;1-2-8-13-12(7-1)14-9-3-5-11-6-4-10-15(13)16(11)14/h2*1-10H. The maximum Gasteiger partial charge on any atom is -0.00264 e. The molecule has 1 aliphatic rings. The molecule has 32 heavy (non-hydrogen) atoms. The lowest BCUT2D eigenvalue weighted by atomic mass is 9.95. The van der Waals surface area contributed by atoms with Crippen LogP contribution in [0, 0.1) is 0 Å². The first-order valence-electron chi connectivity index (χ1n) is 11.1. The minimum atomic E-state index is 1.34. The van der Waals surface area contributed by atoms with Gasteiger partial charge in [-0.2, -0.15) is 0 Å². The summed E-state index contributed by atoms with van der Waals surface area (Å²) < 4.78 is 0. The Morgan fingerprint density at radius 3 is 0.938 bits per heavy atom. The molecular formula is C32H20. The van der Waals surface area contributed by atoms with Gasteiger partial charge in [-0.15, -0.1) is 0 Å². The average Bonchev–Trinajstić information content (AvgIpc) is 3.19. The van der Waals surface area contributed by atoms with E-state index in [0.717, 1.165) is 0 Å². The van der Waals surface area contributed by atoms with Crippen LogP contribution in [0.1, 0.15) is 0 Å². The lowest BCUT2D eigenvalue weighted by Crippen LogP contribution is -1.82. The first-order valence-corrected chi connectivity index (χ1v) is 11.1. The molecule has 7 aromatic carbocycles. The van der Waals surface area contributed by atoms with E-state index in [0.29, 0.717) is 0 Å². The van der Waals surface area contributed by atoms with Crippen LogP contribution in [0.15, 0.2) is 121 Å². The third-order valence-electron chi connectivity index (χ3n) is 6.80. The molecule has 0 heteroatoms. The summed E-state index contributed by atoms with van der Waals surface area (Å²) in [4.78, 5) is 0. The number of benzene rings is 7. The zero-order chi connectivity index (χ0) is 21.1. The van der Waals surface area contributed by atoms with Gasteiger partial charge in [-0.1, -0.05) is 121 Å². The first kappa shape index (κ1) is 17.5. The zero-order valence-electron chi connectivity index (χ0n) is 17.5. The predicted molar refractivity (Wildman–Crippen MR) is 139 cm³/mol. The molecule has 0 atom stereocenters. The normalized spacial score (nSPS) is 11.8. The van der Waals surface area contributed by atoms with Crippen molar-refractivity contribution in [3.63, 3.8) is 0 Å². The van der Waals surface area contributed by atoms with Gasteiger partial charge in [-0.25, -0.2) is 0 Å². The number of fused-ring (bicyclic) bond motifs is 3. The number of hydrogen-bond donors (Lipinski definition) is 0. The lowest BCUT2D eigenvalue weighted by molar-refractivity contribution is 1.70. The molecule has 0 amide bonds. The largest absolute Gasteiger partial charge is 0.0616 e. The second-order valence-electron chi connectivity index (χ2n) is 8.54. The second kappa shape index (κ2) is 6.67. The zero-order valence-corrected chi connectivity index (χ0v) is 17.5. The summed E-state index contributed by atoms with van der Waals surface area (Å²) in [6, 6.07) is 43.6. The molecule has 148 valence electrons. The fourth-order valence-corrected chi connectivity index (χ4v) is 5.41. The third kappa shape index (κ3) is 2.44. The maximum absolute atomic E-state index is 2.22. The summed E-state index contributed by atoms with van der Waals surface area (Å²) in [5, 5.41) is 10.9. The van der Waals surface area contributed by atoms with Gasteiger partial charge in [0.2, 0.25) is 0 Å². The molecule has 0 bridgehead atoms. The van der Waals surface area contributed by atoms with Gasteiger partial charge in [-0.05, 0) is 65.3 Å². The Bertz CT molecular complexity index is 1580. The van der Waals surface area contributed by atoms with E-state index >= 15 is 0 Å². The molecule has 7 aromatic rings.